The van der Waals surface area contributed by atoms with Gasteiger partial charge in [-0.25, -0.2) is 9.19 Å². The van der Waals surface area contributed by atoms with Gasteiger partial charge >= 0.3 is 0 Å². The molecule has 2 N–H and O–H groups in total. The fraction of sp³-hybridized carbons (Fsp3) is 0.357. The van der Waals surface area contributed by atoms with Crippen LogP contribution in [0.5, 0.6) is 0 Å². The molecule has 2 rings (SSSR count). The van der Waals surface area contributed by atoms with E-state index in [1.54, 1.807) is 22.8 Å². The van der Waals surface area contributed by atoms with Gasteiger partial charge in [-0.15, -0.1) is 0 Å². The van der Waals surface area contributed by atoms with Gasteiger partial charge in [0.05, 0.1) is 12.2 Å². The van der Waals surface area contributed by atoms with E-state index in [1.165, 1.54) is 0 Å². The molecular weight excluding hydrogens is 329 g/mol. The highest BCUT2D eigenvalue weighted by Gasteiger charge is 2.23. The first kappa shape index (κ1) is 16.5. The van der Waals surface area contributed by atoms with Crippen LogP contribution >= 0.6 is 23.2 Å². The molecule has 0 amide bonds. The first-order valence-corrected chi connectivity index (χ1v) is 8.39. The van der Waals surface area contributed by atoms with E-state index in [1.807, 2.05) is 20.9 Å². The summed E-state index contributed by atoms with van der Waals surface area (Å²) in [6, 6.07) is 4.92. The molecule has 0 aliphatic rings. The van der Waals surface area contributed by atoms with Crippen LogP contribution in [-0.4, -0.2) is 13.8 Å². The lowest BCUT2D eigenvalue weighted by Gasteiger charge is -2.09. The highest BCUT2D eigenvalue weighted by atomic mass is 35.5. The Morgan fingerprint density at radius 3 is 2.33 bits per heavy atom. The van der Waals surface area contributed by atoms with E-state index < -0.39 is 10.8 Å². The summed E-state index contributed by atoms with van der Waals surface area (Å²) in [7, 11) is 0.404. The van der Waals surface area contributed by atoms with Crippen molar-refractivity contribution in [1.82, 2.24) is 9.55 Å². The summed E-state index contributed by atoms with van der Waals surface area (Å²) < 4.78 is 14.7. The molecule has 0 aliphatic carbocycles. The van der Waals surface area contributed by atoms with E-state index >= 15 is 0 Å². The van der Waals surface area contributed by atoms with Crippen molar-refractivity contribution in [2.75, 3.05) is 0 Å². The molecule has 0 aliphatic heterocycles. The van der Waals surface area contributed by atoms with Gasteiger partial charge in [0, 0.05) is 22.0 Å². The summed E-state index contributed by atoms with van der Waals surface area (Å²) in [5, 5.41) is 1.56. The van der Waals surface area contributed by atoms with Crippen LogP contribution in [0, 0.1) is 0 Å². The first-order valence-electron chi connectivity index (χ1n) is 6.48. The monoisotopic (exact) mass is 345 g/mol. The topological polar surface area (TPSA) is 60.9 Å². The van der Waals surface area contributed by atoms with Gasteiger partial charge in [-0.2, -0.15) is 0 Å². The zero-order chi connectivity index (χ0) is 15.7. The number of halogens is 2. The second-order valence-electron chi connectivity index (χ2n) is 5.01. The van der Waals surface area contributed by atoms with Crippen molar-refractivity contribution >= 4 is 34.0 Å². The van der Waals surface area contributed by atoms with Gasteiger partial charge in [0.2, 0.25) is 0 Å². The Hall–Kier alpha value is -0.880. The number of imidazole rings is 1. The standard InChI is InChI=1S/C14H17Cl2N3OS/c1-8(2)13-14(19(3)12(7-17)18-13)21(20)11-5-9(15)4-10(16)6-11/h4-6,8H,7,17H2,1-3H3. The Morgan fingerprint density at radius 1 is 1.29 bits per heavy atom. The maximum atomic E-state index is 12.9. The van der Waals surface area contributed by atoms with E-state index in [-0.39, 0.29) is 5.92 Å². The van der Waals surface area contributed by atoms with Crippen molar-refractivity contribution in [2.45, 2.75) is 36.2 Å². The molecule has 4 nitrogen and oxygen atoms in total. The van der Waals surface area contributed by atoms with Crippen LogP contribution in [0.1, 0.15) is 31.3 Å². The molecule has 21 heavy (non-hydrogen) atoms. The number of benzene rings is 1. The van der Waals surface area contributed by atoms with E-state index in [9.17, 15) is 4.21 Å². The predicted octanol–water partition coefficient (Wildman–Crippen LogP) is 3.48. The van der Waals surface area contributed by atoms with Gasteiger partial charge in [0.25, 0.3) is 0 Å². The van der Waals surface area contributed by atoms with Crippen molar-refractivity contribution < 1.29 is 4.21 Å². The van der Waals surface area contributed by atoms with Crippen LogP contribution in [0.15, 0.2) is 28.1 Å². The summed E-state index contributed by atoms with van der Waals surface area (Å²) in [6.45, 7) is 4.31. The normalized spacial score (nSPS) is 12.9. The third-order valence-electron chi connectivity index (χ3n) is 3.12. The smallest absolute Gasteiger partial charge is 0.134 e. The number of nitrogens with two attached hydrogens (primary N) is 1. The molecule has 0 bridgehead atoms. The molecule has 1 atom stereocenters. The zero-order valence-electron chi connectivity index (χ0n) is 12.1. The summed E-state index contributed by atoms with van der Waals surface area (Å²) >= 11 is 12.0. The minimum atomic E-state index is -1.42. The SMILES string of the molecule is CC(C)c1nc(CN)n(C)c1S(=O)c1cc(Cl)cc(Cl)c1. The van der Waals surface area contributed by atoms with Crippen molar-refractivity contribution in [3.63, 3.8) is 0 Å². The molecule has 1 heterocycles. The molecule has 7 heteroatoms. The molecule has 1 aromatic heterocycles. The van der Waals surface area contributed by atoms with E-state index in [4.69, 9.17) is 28.9 Å². The van der Waals surface area contributed by atoms with Crippen LogP contribution < -0.4 is 5.73 Å². The maximum Gasteiger partial charge on any atom is 0.134 e. The number of nitrogens with zero attached hydrogens (tertiary/aromatic N) is 2. The third kappa shape index (κ3) is 3.31. The third-order valence-corrected chi connectivity index (χ3v) is 5.05. The highest BCUT2D eigenvalue weighted by molar-refractivity contribution is 7.85. The lowest BCUT2D eigenvalue weighted by molar-refractivity contribution is 0.661. The average Bonchev–Trinajstić information content (AvgIpc) is 2.74. The molecule has 1 aromatic carbocycles. The first-order chi connectivity index (χ1) is 9.85. The number of aromatic nitrogens is 2. The molecule has 114 valence electrons. The molecule has 0 radical (unpaired) electrons. The zero-order valence-corrected chi connectivity index (χ0v) is 14.4. The minimum Gasteiger partial charge on any atom is -0.324 e. The van der Waals surface area contributed by atoms with E-state index in [0.29, 0.717) is 32.3 Å². The van der Waals surface area contributed by atoms with Crippen LogP contribution in [0.25, 0.3) is 0 Å². The average molecular weight is 346 g/mol. The molecule has 1 unspecified atom stereocenters. The summed E-state index contributed by atoms with van der Waals surface area (Å²) in [4.78, 5) is 5.05. The lowest BCUT2D eigenvalue weighted by atomic mass is 10.2. The Bertz CT molecular complexity index is 678. The van der Waals surface area contributed by atoms with Crippen molar-refractivity contribution in [2.24, 2.45) is 12.8 Å². The van der Waals surface area contributed by atoms with Gasteiger partial charge in [0.1, 0.15) is 21.6 Å². The van der Waals surface area contributed by atoms with Crippen LogP contribution in [0.3, 0.4) is 0 Å². The number of rotatable bonds is 4. The fourth-order valence-electron chi connectivity index (χ4n) is 2.08. The Morgan fingerprint density at radius 2 is 1.86 bits per heavy atom. The van der Waals surface area contributed by atoms with E-state index in [2.05, 4.69) is 4.98 Å². The Labute approximate surface area is 136 Å². The fourth-order valence-corrected chi connectivity index (χ4v) is 4.25. The van der Waals surface area contributed by atoms with Crippen LogP contribution in [0.4, 0.5) is 0 Å². The number of hydrogen-bond donors (Lipinski definition) is 1. The number of hydrogen-bond acceptors (Lipinski definition) is 3. The van der Waals surface area contributed by atoms with E-state index in [0.717, 1.165) is 5.69 Å². The minimum absolute atomic E-state index is 0.144. The molecule has 2 aromatic rings. The maximum absolute atomic E-state index is 12.9. The van der Waals surface area contributed by atoms with Crippen molar-refractivity contribution in [3.8, 4) is 0 Å². The van der Waals surface area contributed by atoms with Gasteiger partial charge in [-0.3, -0.25) is 0 Å². The second-order valence-corrected chi connectivity index (χ2v) is 7.28. The summed E-state index contributed by atoms with van der Waals surface area (Å²) in [5.41, 5.74) is 6.48. The largest absolute Gasteiger partial charge is 0.324 e. The van der Waals surface area contributed by atoms with Gasteiger partial charge in [0.15, 0.2) is 0 Å². The molecule has 0 spiro atoms. The van der Waals surface area contributed by atoms with Gasteiger partial charge in [-0.05, 0) is 24.1 Å². The van der Waals surface area contributed by atoms with Gasteiger partial charge in [-0.1, -0.05) is 37.0 Å². The Kier molecular flexibility index (Phi) is 5.09. The summed E-state index contributed by atoms with van der Waals surface area (Å²) in [6.07, 6.45) is 0. The second kappa shape index (κ2) is 6.48. The quantitative estimate of drug-likeness (QED) is 0.922. The molecular formula is C14H17Cl2N3OS. The van der Waals surface area contributed by atoms with Crippen molar-refractivity contribution in [1.29, 1.82) is 0 Å². The van der Waals surface area contributed by atoms with Crippen LogP contribution in [-0.2, 0) is 24.4 Å². The molecule has 0 saturated carbocycles. The predicted molar refractivity (Wildman–Crippen MR) is 86.3 cm³/mol. The van der Waals surface area contributed by atoms with Crippen LogP contribution in [0.2, 0.25) is 10.0 Å². The Balaban J connectivity index is 2.59. The highest BCUT2D eigenvalue weighted by Crippen LogP contribution is 2.29. The van der Waals surface area contributed by atoms with Crippen molar-refractivity contribution in [3.05, 3.63) is 39.8 Å². The summed E-state index contributed by atoms with van der Waals surface area (Å²) in [5.74, 6) is 0.847. The molecule has 0 fully saturated rings. The lowest BCUT2D eigenvalue weighted by Crippen LogP contribution is -2.08. The molecule has 0 saturated heterocycles. The van der Waals surface area contributed by atoms with Gasteiger partial charge < -0.3 is 10.3 Å².